The van der Waals surface area contributed by atoms with Crippen LogP contribution in [0.25, 0.3) is 0 Å². The Morgan fingerprint density at radius 1 is 1.80 bits per heavy atom. The number of hydrogen-bond donors (Lipinski definition) is 2. The van der Waals surface area contributed by atoms with Crippen LogP contribution in [0.2, 0.25) is 0 Å². The summed E-state index contributed by atoms with van der Waals surface area (Å²) in [6, 6.07) is 0. The number of nitrogens with one attached hydrogen (secondary N) is 2. The lowest BCUT2D eigenvalue weighted by Crippen LogP contribution is -2.18. The lowest BCUT2D eigenvalue weighted by atomic mass is 11.0. The molecule has 1 aliphatic heterocycles. The summed E-state index contributed by atoms with van der Waals surface area (Å²) in [7, 11) is 0. The largest absolute Gasteiger partial charge is 0.430 e. The van der Waals surface area contributed by atoms with E-state index in [0.717, 1.165) is 0 Å². The molecule has 1 heterocycles. The fourth-order valence-corrected chi connectivity index (χ4v) is 0.147. The van der Waals surface area contributed by atoms with Crippen molar-refractivity contribution in [1.82, 2.24) is 11.0 Å². The zero-order valence-electron chi connectivity index (χ0n) is 2.49. The molecule has 1 aliphatic rings. The van der Waals surface area contributed by atoms with E-state index in [1.54, 1.807) is 0 Å². The highest BCUT2D eigenvalue weighted by Crippen LogP contribution is 1.69. The molecule has 0 spiro atoms. The second-order valence-corrected chi connectivity index (χ2v) is 0.607. The van der Waals surface area contributed by atoms with Gasteiger partial charge in [0.25, 0.3) is 0 Å². The first-order chi connectivity index (χ1) is 2.50. The Bertz CT molecular complexity index is 45.6. The van der Waals surface area contributed by atoms with Gasteiger partial charge in [-0.25, -0.2) is 0 Å². The molecule has 5 heavy (non-hydrogen) atoms. The number of hydrazine groups is 1. The van der Waals surface area contributed by atoms with Crippen LogP contribution in [0.4, 0.5) is 0 Å². The van der Waals surface area contributed by atoms with Gasteiger partial charge >= 0.3 is 12.5 Å². The molecule has 0 aromatic heterocycles. The third kappa shape index (κ3) is 0.265. The molecule has 0 aromatic carbocycles. The molecule has 0 bridgehead atoms. The molecular weight excluding hydrogens is 68.0 g/mol. The van der Waals surface area contributed by atoms with E-state index in [2.05, 4.69) is 22.1 Å². The van der Waals surface area contributed by atoms with Crippen LogP contribution in [0.3, 0.4) is 0 Å². The molecule has 0 saturated carbocycles. The van der Waals surface area contributed by atoms with E-state index in [1.807, 2.05) is 0 Å². The van der Waals surface area contributed by atoms with E-state index in [4.69, 9.17) is 0 Å². The van der Waals surface area contributed by atoms with E-state index in [9.17, 15) is 0 Å². The second kappa shape index (κ2) is 0.885. The monoisotopic (exact) mass is 71.0 g/mol. The summed E-state index contributed by atoms with van der Waals surface area (Å²) in [5.41, 5.74) is 4.75. The molecule has 0 radical (unpaired) electrons. The Balaban J connectivity index is 2.32. The van der Waals surface area contributed by atoms with Crippen LogP contribution in [0, 0.1) is 6.20 Å². The smallest absolute Gasteiger partial charge is 0.337 e. The van der Waals surface area contributed by atoms with E-state index < -0.39 is 0 Å². The number of rotatable bonds is 0. The first kappa shape index (κ1) is 2.45. The van der Waals surface area contributed by atoms with Gasteiger partial charge in [-0.2, -0.15) is 0 Å². The molecule has 0 atom stereocenters. The maximum atomic E-state index is 4.35. The molecular formula is C2H3N2O+. The fraction of sp³-hybridized carbons (Fsp3) is 0. The van der Waals surface area contributed by atoms with E-state index in [0.29, 0.717) is 0 Å². The minimum absolute atomic E-state index is 1.39. The quantitative estimate of drug-likeness (QED) is 0.370. The predicted octanol–water partition coefficient (Wildman–Crippen LogP) is -0.700. The molecule has 2 N–H and O–H groups in total. The second-order valence-electron chi connectivity index (χ2n) is 0.607. The van der Waals surface area contributed by atoms with Crippen LogP contribution in [0.1, 0.15) is 0 Å². The van der Waals surface area contributed by atoms with Gasteiger partial charge in [0, 0.05) is 0 Å². The van der Waals surface area contributed by atoms with Gasteiger partial charge < -0.3 is 4.84 Å². The minimum atomic E-state index is 1.39. The third-order valence-corrected chi connectivity index (χ3v) is 0.300. The van der Waals surface area contributed by atoms with Gasteiger partial charge in [-0.05, 0) is 5.59 Å². The highest BCUT2D eigenvalue weighted by atomic mass is 16.7. The molecule has 0 aliphatic carbocycles. The zero-order valence-corrected chi connectivity index (χ0v) is 2.49. The highest BCUT2D eigenvalue weighted by molar-refractivity contribution is 4.58. The summed E-state index contributed by atoms with van der Waals surface area (Å²) in [5.74, 6) is 0. The Labute approximate surface area is 29.5 Å². The minimum Gasteiger partial charge on any atom is -0.337 e. The summed E-state index contributed by atoms with van der Waals surface area (Å²) in [5, 5.41) is 0. The van der Waals surface area contributed by atoms with Gasteiger partial charge in [0.15, 0.2) is 0 Å². The Kier molecular flexibility index (Phi) is 0.433. The van der Waals surface area contributed by atoms with Crippen molar-refractivity contribution in [3.63, 3.8) is 0 Å². The third-order valence-electron chi connectivity index (χ3n) is 0.300. The van der Waals surface area contributed by atoms with E-state index in [-0.39, 0.29) is 0 Å². The SMILES string of the molecule is [C+]1=CONN1. The maximum absolute atomic E-state index is 4.35. The summed E-state index contributed by atoms with van der Waals surface area (Å²) < 4.78 is 0. The summed E-state index contributed by atoms with van der Waals surface area (Å²) in [6.45, 7) is 0. The first-order valence-electron chi connectivity index (χ1n) is 1.23. The van der Waals surface area contributed by atoms with Crippen molar-refractivity contribution in [2.75, 3.05) is 0 Å². The van der Waals surface area contributed by atoms with Crippen molar-refractivity contribution in [1.29, 1.82) is 0 Å². The highest BCUT2D eigenvalue weighted by Gasteiger charge is 1.97. The van der Waals surface area contributed by atoms with Crippen molar-refractivity contribution in [3.05, 3.63) is 12.5 Å². The standard InChI is InChI=1S/C2H3N2O/c1-2-5-4-3-1/h2-4H/q+1. The van der Waals surface area contributed by atoms with E-state index in [1.165, 1.54) is 6.26 Å². The molecule has 3 heteroatoms. The normalized spacial score (nSPS) is 16.0. The average Bonchev–Trinajstić information content (AvgIpc) is 1.76. The predicted molar refractivity (Wildman–Crippen MR) is 15.2 cm³/mol. The average molecular weight is 71.1 g/mol. The van der Waals surface area contributed by atoms with Crippen LogP contribution in [0.5, 0.6) is 0 Å². The van der Waals surface area contributed by atoms with Crippen LogP contribution >= 0.6 is 0 Å². The molecule has 0 fully saturated rings. The molecule has 3 nitrogen and oxygen atoms in total. The molecule has 0 aromatic rings. The van der Waals surface area contributed by atoms with Crippen LogP contribution in [-0.4, -0.2) is 0 Å². The van der Waals surface area contributed by atoms with Crippen LogP contribution < -0.4 is 11.0 Å². The zero-order chi connectivity index (χ0) is 3.54. The molecule has 0 amide bonds. The summed E-state index contributed by atoms with van der Waals surface area (Å²) in [6.07, 6.45) is 3.90. The topological polar surface area (TPSA) is 33.3 Å². The van der Waals surface area contributed by atoms with Gasteiger partial charge in [0.05, 0.1) is 0 Å². The number of hydrogen-bond acceptors (Lipinski definition) is 3. The van der Waals surface area contributed by atoms with Gasteiger partial charge in [0.1, 0.15) is 0 Å². The molecule has 1 rings (SSSR count). The van der Waals surface area contributed by atoms with Gasteiger partial charge in [0.2, 0.25) is 0 Å². The van der Waals surface area contributed by atoms with Gasteiger partial charge in [-0.15, -0.1) is 0 Å². The van der Waals surface area contributed by atoms with Crippen molar-refractivity contribution < 1.29 is 4.84 Å². The Hall–Kier alpha value is -0.790. The summed E-state index contributed by atoms with van der Waals surface area (Å²) >= 11 is 0. The molecule has 0 saturated heterocycles. The van der Waals surface area contributed by atoms with Crippen LogP contribution in [-0.2, 0) is 4.84 Å². The maximum Gasteiger partial charge on any atom is 0.430 e. The lowest BCUT2D eigenvalue weighted by molar-refractivity contribution is 0.137. The Morgan fingerprint density at radius 2 is 2.80 bits per heavy atom. The van der Waals surface area contributed by atoms with Gasteiger partial charge in [-0.3, -0.25) is 0 Å². The summed E-state index contributed by atoms with van der Waals surface area (Å²) in [4.78, 5) is 4.35. The first-order valence-corrected chi connectivity index (χ1v) is 1.23. The lowest BCUT2D eigenvalue weighted by Gasteiger charge is -1.74. The molecule has 0 unspecified atom stereocenters. The van der Waals surface area contributed by atoms with Crippen molar-refractivity contribution in [3.8, 4) is 0 Å². The van der Waals surface area contributed by atoms with Crippen molar-refractivity contribution in [2.24, 2.45) is 0 Å². The fourth-order valence-electron chi connectivity index (χ4n) is 0.147. The van der Waals surface area contributed by atoms with Gasteiger partial charge in [-0.1, -0.05) is 5.43 Å². The van der Waals surface area contributed by atoms with Crippen molar-refractivity contribution in [2.45, 2.75) is 0 Å². The molecule has 26 valence electrons. The van der Waals surface area contributed by atoms with Crippen LogP contribution in [0.15, 0.2) is 6.26 Å². The Morgan fingerprint density at radius 3 is 3.00 bits per heavy atom. The van der Waals surface area contributed by atoms with Crippen molar-refractivity contribution >= 4 is 0 Å². The van der Waals surface area contributed by atoms with E-state index >= 15 is 0 Å².